The Morgan fingerprint density at radius 2 is 1.72 bits per heavy atom. The highest BCUT2D eigenvalue weighted by molar-refractivity contribution is 7.13. The number of carbonyl (C=O) groups is 2. The summed E-state index contributed by atoms with van der Waals surface area (Å²) in [6.07, 6.45) is 0. The number of anilines is 1. The van der Waals surface area contributed by atoms with E-state index in [1.807, 2.05) is 47.8 Å². The molecular weight excluding hydrogens is 386 g/mol. The first kappa shape index (κ1) is 18.6. The molecule has 7 nitrogen and oxygen atoms in total. The average Bonchev–Trinajstić information content (AvgIpc) is 3.43. The number of para-hydroxylation sites is 1. The molecule has 0 saturated carbocycles. The molecule has 29 heavy (non-hydrogen) atoms. The molecule has 4 aromatic rings. The van der Waals surface area contributed by atoms with Gasteiger partial charge in [0, 0.05) is 18.3 Å². The van der Waals surface area contributed by atoms with Gasteiger partial charge in [-0.15, -0.1) is 16.4 Å². The molecule has 144 valence electrons. The van der Waals surface area contributed by atoms with E-state index in [-0.39, 0.29) is 11.7 Å². The van der Waals surface area contributed by atoms with Crippen molar-refractivity contribution in [1.29, 1.82) is 0 Å². The largest absolute Gasteiger partial charge is 0.366 e. The highest BCUT2D eigenvalue weighted by Gasteiger charge is 2.23. The van der Waals surface area contributed by atoms with Crippen molar-refractivity contribution in [2.75, 3.05) is 11.9 Å². The molecule has 0 radical (unpaired) electrons. The van der Waals surface area contributed by atoms with Crippen LogP contribution in [-0.2, 0) is 0 Å². The summed E-state index contributed by atoms with van der Waals surface area (Å²) in [6.45, 7) is 0. The lowest BCUT2D eigenvalue weighted by atomic mass is 10.2. The molecule has 4 rings (SSSR count). The predicted molar refractivity (Wildman–Crippen MR) is 112 cm³/mol. The molecule has 2 aromatic heterocycles. The van der Waals surface area contributed by atoms with Gasteiger partial charge in [-0.1, -0.05) is 24.3 Å². The zero-order valence-electron chi connectivity index (χ0n) is 15.5. The molecule has 2 aromatic carbocycles. The molecule has 0 aliphatic heterocycles. The Morgan fingerprint density at radius 1 is 1.00 bits per heavy atom. The van der Waals surface area contributed by atoms with Crippen molar-refractivity contribution in [3.8, 4) is 16.4 Å². The highest BCUT2D eigenvalue weighted by atomic mass is 32.1. The quantitative estimate of drug-likeness (QED) is 0.553. The molecule has 0 aliphatic rings. The third-order valence-corrected chi connectivity index (χ3v) is 5.25. The number of nitrogens with two attached hydrogens (primary N) is 1. The van der Waals surface area contributed by atoms with E-state index in [9.17, 15) is 9.59 Å². The first-order chi connectivity index (χ1) is 14.0. The topological polar surface area (TPSA) is 94.1 Å². The van der Waals surface area contributed by atoms with E-state index in [1.165, 1.54) is 16.2 Å². The van der Waals surface area contributed by atoms with Crippen LogP contribution in [0.15, 0.2) is 72.1 Å². The fraction of sp³-hybridized carbons (Fsp3) is 0.0476. The molecule has 2 heterocycles. The van der Waals surface area contributed by atoms with E-state index in [0.717, 1.165) is 10.6 Å². The van der Waals surface area contributed by atoms with Crippen LogP contribution in [0.3, 0.4) is 0 Å². The minimum Gasteiger partial charge on any atom is -0.366 e. The average molecular weight is 403 g/mol. The number of nitrogens with zero attached hydrogens (tertiary/aromatic N) is 4. The highest BCUT2D eigenvalue weighted by Crippen LogP contribution is 2.26. The third-order valence-electron chi connectivity index (χ3n) is 4.38. The van der Waals surface area contributed by atoms with Gasteiger partial charge in [-0.3, -0.25) is 9.59 Å². The summed E-state index contributed by atoms with van der Waals surface area (Å²) in [4.78, 5) is 31.1. The first-order valence-corrected chi connectivity index (χ1v) is 9.67. The lowest BCUT2D eigenvalue weighted by Crippen LogP contribution is -2.27. The first-order valence-electron chi connectivity index (χ1n) is 8.79. The lowest BCUT2D eigenvalue weighted by molar-refractivity contribution is 0.0981. The molecule has 0 fully saturated rings. The van der Waals surface area contributed by atoms with E-state index in [0.29, 0.717) is 17.1 Å². The van der Waals surface area contributed by atoms with E-state index >= 15 is 0 Å². The zero-order valence-corrected chi connectivity index (χ0v) is 16.3. The second-order valence-corrected chi connectivity index (χ2v) is 7.21. The van der Waals surface area contributed by atoms with Gasteiger partial charge in [0.1, 0.15) is 0 Å². The monoisotopic (exact) mass is 403 g/mol. The number of aromatic nitrogens is 3. The van der Waals surface area contributed by atoms with E-state index < -0.39 is 5.91 Å². The van der Waals surface area contributed by atoms with Crippen molar-refractivity contribution in [3.05, 3.63) is 83.5 Å². The van der Waals surface area contributed by atoms with Gasteiger partial charge in [-0.25, -0.2) is 9.67 Å². The number of carbonyl (C=O) groups excluding carboxylic acids is 2. The van der Waals surface area contributed by atoms with Gasteiger partial charge in [0.25, 0.3) is 5.91 Å². The van der Waals surface area contributed by atoms with Crippen LogP contribution in [0.4, 0.5) is 5.69 Å². The van der Waals surface area contributed by atoms with Gasteiger partial charge in [0.2, 0.25) is 11.7 Å². The van der Waals surface area contributed by atoms with Crippen LogP contribution in [0.25, 0.3) is 16.4 Å². The van der Waals surface area contributed by atoms with Crippen molar-refractivity contribution < 1.29 is 9.59 Å². The smallest absolute Gasteiger partial charge is 0.297 e. The van der Waals surface area contributed by atoms with Gasteiger partial charge in [0.05, 0.1) is 10.6 Å². The molecule has 0 atom stereocenters. The SMILES string of the molecule is CN(C(=O)c1nc(-c2cccs2)n(-c2ccccc2)n1)c1ccc(C(N)=O)cc1. The zero-order chi connectivity index (χ0) is 20.4. The van der Waals surface area contributed by atoms with Crippen LogP contribution in [0.2, 0.25) is 0 Å². The Balaban J connectivity index is 1.71. The molecule has 2 N–H and O–H groups in total. The van der Waals surface area contributed by atoms with Crippen molar-refractivity contribution in [3.63, 3.8) is 0 Å². The van der Waals surface area contributed by atoms with Crippen LogP contribution >= 0.6 is 11.3 Å². The van der Waals surface area contributed by atoms with Gasteiger partial charge >= 0.3 is 0 Å². The minimum atomic E-state index is -0.519. The number of rotatable bonds is 5. The molecule has 8 heteroatoms. The molecule has 2 amide bonds. The second-order valence-electron chi connectivity index (χ2n) is 6.26. The van der Waals surface area contributed by atoms with Crippen molar-refractivity contribution in [2.45, 2.75) is 0 Å². The standard InChI is InChI=1S/C21H17N5O2S/c1-25(15-11-9-14(10-12-15)18(22)27)21(28)19-23-20(17-8-5-13-29-17)26(24-19)16-6-3-2-4-7-16/h2-13H,1H3,(H2,22,27). The number of benzene rings is 2. The van der Waals surface area contributed by atoms with Gasteiger partial charge in [0.15, 0.2) is 5.82 Å². The summed E-state index contributed by atoms with van der Waals surface area (Å²) >= 11 is 1.53. The maximum Gasteiger partial charge on any atom is 0.297 e. The normalized spacial score (nSPS) is 10.7. The lowest BCUT2D eigenvalue weighted by Gasteiger charge is -2.15. The molecule has 0 bridgehead atoms. The summed E-state index contributed by atoms with van der Waals surface area (Å²) in [7, 11) is 1.63. The molecular formula is C21H17N5O2S. The summed E-state index contributed by atoms with van der Waals surface area (Å²) in [5.41, 5.74) is 7.07. The summed E-state index contributed by atoms with van der Waals surface area (Å²) in [5, 5.41) is 6.43. The third kappa shape index (κ3) is 3.65. The Bertz CT molecular complexity index is 1150. The molecule has 0 aliphatic carbocycles. The Labute approximate surface area is 171 Å². The Kier molecular flexibility index (Phi) is 4.92. The number of hydrogen-bond donors (Lipinski definition) is 1. The van der Waals surface area contributed by atoms with Gasteiger partial charge < -0.3 is 10.6 Å². The maximum atomic E-state index is 13.0. The van der Waals surface area contributed by atoms with Crippen LogP contribution < -0.4 is 10.6 Å². The minimum absolute atomic E-state index is 0.0822. The predicted octanol–water partition coefficient (Wildman–Crippen LogP) is 3.37. The number of hydrogen-bond acceptors (Lipinski definition) is 5. The number of amides is 2. The second kappa shape index (κ2) is 7.69. The van der Waals surface area contributed by atoms with Crippen LogP contribution in [-0.4, -0.2) is 33.6 Å². The van der Waals surface area contributed by atoms with Crippen molar-refractivity contribution in [2.24, 2.45) is 5.73 Å². The number of thiophene rings is 1. The Morgan fingerprint density at radius 3 is 2.34 bits per heavy atom. The summed E-state index contributed by atoms with van der Waals surface area (Å²) in [5.74, 6) is -0.190. The molecule has 0 saturated heterocycles. The van der Waals surface area contributed by atoms with E-state index in [4.69, 9.17) is 5.73 Å². The Hall–Kier alpha value is -3.78. The summed E-state index contributed by atoms with van der Waals surface area (Å²) in [6, 6.07) is 19.9. The van der Waals surface area contributed by atoms with Gasteiger partial charge in [-0.2, -0.15) is 0 Å². The van der Waals surface area contributed by atoms with E-state index in [1.54, 1.807) is 36.0 Å². The fourth-order valence-corrected chi connectivity index (χ4v) is 3.53. The van der Waals surface area contributed by atoms with Crippen molar-refractivity contribution in [1.82, 2.24) is 14.8 Å². The maximum absolute atomic E-state index is 13.0. The number of primary amides is 1. The summed E-state index contributed by atoms with van der Waals surface area (Å²) < 4.78 is 1.67. The molecule has 0 spiro atoms. The van der Waals surface area contributed by atoms with Gasteiger partial charge in [-0.05, 0) is 47.8 Å². The van der Waals surface area contributed by atoms with Crippen LogP contribution in [0.1, 0.15) is 21.0 Å². The van der Waals surface area contributed by atoms with E-state index in [2.05, 4.69) is 10.1 Å². The van der Waals surface area contributed by atoms with Crippen LogP contribution in [0.5, 0.6) is 0 Å². The molecule has 0 unspecified atom stereocenters. The fourth-order valence-electron chi connectivity index (χ4n) is 2.83. The van der Waals surface area contributed by atoms with Crippen LogP contribution in [0, 0.1) is 0 Å². The van der Waals surface area contributed by atoms with Crippen molar-refractivity contribution >= 4 is 28.8 Å².